The number of amides is 1. The number of hydrogen-bond donors (Lipinski definition) is 2. The van der Waals surface area contributed by atoms with Crippen molar-refractivity contribution in [1.29, 1.82) is 0 Å². The summed E-state index contributed by atoms with van der Waals surface area (Å²) in [5.41, 5.74) is 0.916. The van der Waals surface area contributed by atoms with E-state index in [0.29, 0.717) is 11.4 Å². The highest BCUT2D eigenvalue weighted by molar-refractivity contribution is 5.95. The van der Waals surface area contributed by atoms with Crippen LogP contribution < -0.4 is 5.32 Å². The minimum Gasteiger partial charge on any atom is -0.478 e. The third-order valence-electron chi connectivity index (χ3n) is 2.24. The number of nitrogens with zero attached hydrogens (tertiary/aromatic N) is 3. The molecule has 0 spiro atoms. The highest BCUT2D eigenvalue weighted by Crippen LogP contribution is 2.19. The Hall–Kier alpha value is -2.70. The zero-order valence-electron chi connectivity index (χ0n) is 9.49. The molecule has 1 amide bonds. The van der Waals surface area contributed by atoms with Crippen LogP contribution in [0, 0.1) is 0 Å². The SMILES string of the molecule is CC(=O)Nc1ccc(-n2cnnc2)c(C(=O)O)c1. The topological polar surface area (TPSA) is 97.1 Å². The van der Waals surface area contributed by atoms with Crippen LogP contribution in [0.5, 0.6) is 0 Å². The second-order valence-electron chi connectivity index (χ2n) is 3.59. The molecule has 1 heterocycles. The van der Waals surface area contributed by atoms with E-state index in [0.717, 1.165) is 0 Å². The van der Waals surface area contributed by atoms with E-state index in [1.165, 1.54) is 30.2 Å². The van der Waals surface area contributed by atoms with Crippen LogP contribution in [0.3, 0.4) is 0 Å². The van der Waals surface area contributed by atoms with Crippen LogP contribution in [0.25, 0.3) is 5.69 Å². The monoisotopic (exact) mass is 246 g/mol. The lowest BCUT2D eigenvalue weighted by molar-refractivity contribution is -0.114. The summed E-state index contributed by atoms with van der Waals surface area (Å²) in [6.07, 6.45) is 2.81. The van der Waals surface area contributed by atoms with Crippen molar-refractivity contribution in [1.82, 2.24) is 14.8 Å². The van der Waals surface area contributed by atoms with Gasteiger partial charge >= 0.3 is 5.97 Å². The van der Waals surface area contributed by atoms with Crippen LogP contribution in [0.15, 0.2) is 30.9 Å². The van der Waals surface area contributed by atoms with Crippen LogP contribution in [0.1, 0.15) is 17.3 Å². The molecule has 2 rings (SSSR count). The van der Waals surface area contributed by atoms with E-state index in [4.69, 9.17) is 5.11 Å². The molecule has 0 aliphatic carbocycles. The number of anilines is 1. The molecule has 0 unspecified atom stereocenters. The van der Waals surface area contributed by atoms with Crippen molar-refractivity contribution >= 4 is 17.6 Å². The molecular formula is C11H10N4O3. The van der Waals surface area contributed by atoms with Crippen molar-refractivity contribution in [3.05, 3.63) is 36.4 Å². The Bertz CT molecular complexity index is 592. The molecule has 2 N–H and O–H groups in total. The summed E-state index contributed by atoms with van der Waals surface area (Å²) in [7, 11) is 0. The number of carbonyl (C=O) groups excluding carboxylic acids is 1. The van der Waals surface area contributed by atoms with Gasteiger partial charge in [0.25, 0.3) is 0 Å². The van der Waals surface area contributed by atoms with Crippen molar-refractivity contribution < 1.29 is 14.7 Å². The Kier molecular flexibility index (Phi) is 3.05. The van der Waals surface area contributed by atoms with E-state index in [1.807, 2.05) is 0 Å². The first kappa shape index (κ1) is 11.8. The van der Waals surface area contributed by atoms with Gasteiger partial charge in [0.1, 0.15) is 12.7 Å². The van der Waals surface area contributed by atoms with Crippen molar-refractivity contribution in [2.24, 2.45) is 0 Å². The first-order valence-corrected chi connectivity index (χ1v) is 5.08. The molecule has 1 aromatic carbocycles. The third kappa shape index (κ3) is 2.34. The Balaban J connectivity index is 2.48. The number of nitrogens with one attached hydrogen (secondary N) is 1. The van der Waals surface area contributed by atoms with Gasteiger partial charge in [-0.2, -0.15) is 0 Å². The van der Waals surface area contributed by atoms with Gasteiger partial charge in [0.2, 0.25) is 5.91 Å². The predicted molar refractivity (Wildman–Crippen MR) is 62.6 cm³/mol. The largest absolute Gasteiger partial charge is 0.478 e. The zero-order chi connectivity index (χ0) is 13.1. The number of aromatic carboxylic acids is 1. The van der Waals surface area contributed by atoms with Gasteiger partial charge in [-0.1, -0.05) is 0 Å². The summed E-state index contributed by atoms with van der Waals surface area (Å²) in [5.74, 6) is -1.35. The van der Waals surface area contributed by atoms with Crippen molar-refractivity contribution in [2.45, 2.75) is 6.92 Å². The van der Waals surface area contributed by atoms with Gasteiger partial charge in [-0.3, -0.25) is 9.36 Å². The number of carboxylic acids is 1. The quantitative estimate of drug-likeness (QED) is 0.839. The third-order valence-corrected chi connectivity index (χ3v) is 2.24. The summed E-state index contributed by atoms with van der Waals surface area (Å²) < 4.78 is 1.49. The number of rotatable bonds is 3. The summed E-state index contributed by atoms with van der Waals surface area (Å²) >= 11 is 0. The standard InChI is InChI=1S/C11H10N4O3/c1-7(16)14-8-2-3-10(9(4-8)11(17)18)15-5-12-13-6-15/h2-6H,1H3,(H,14,16)(H,17,18). The fraction of sp³-hybridized carbons (Fsp3) is 0.0909. The first-order chi connectivity index (χ1) is 8.58. The van der Waals surface area contributed by atoms with Gasteiger partial charge in [-0.25, -0.2) is 4.79 Å². The Morgan fingerprint density at radius 3 is 2.50 bits per heavy atom. The van der Waals surface area contributed by atoms with Gasteiger partial charge in [-0.15, -0.1) is 10.2 Å². The number of carbonyl (C=O) groups is 2. The minimum atomic E-state index is -1.09. The predicted octanol–water partition coefficient (Wildman–Crippen LogP) is 0.924. The lowest BCUT2D eigenvalue weighted by Crippen LogP contribution is -2.09. The van der Waals surface area contributed by atoms with Gasteiger partial charge < -0.3 is 10.4 Å². The number of aromatic nitrogens is 3. The van der Waals surface area contributed by atoms with E-state index >= 15 is 0 Å². The van der Waals surface area contributed by atoms with Crippen LogP contribution in [0.2, 0.25) is 0 Å². The van der Waals surface area contributed by atoms with E-state index in [2.05, 4.69) is 15.5 Å². The lowest BCUT2D eigenvalue weighted by Gasteiger charge is -2.09. The summed E-state index contributed by atoms with van der Waals surface area (Å²) in [4.78, 5) is 22.1. The van der Waals surface area contributed by atoms with Gasteiger partial charge in [0.05, 0.1) is 11.3 Å². The normalized spacial score (nSPS) is 10.1. The highest BCUT2D eigenvalue weighted by atomic mass is 16.4. The molecule has 92 valence electrons. The van der Waals surface area contributed by atoms with Crippen molar-refractivity contribution in [3.63, 3.8) is 0 Å². The second kappa shape index (κ2) is 4.66. The number of hydrogen-bond acceptors (Lipinski definition) is 4. The Morgan fingerprint density at radius 1 is 1.28 bits per heavy atom. The molecule has 2 aromatic rings. The number of benzene rings is 1. The van der Waals surface area contributed by atoms with Crippen molar-refractivity contribution in [2.75, 3.05) is 5.32 Å². The van der Waals surface area contributed by atoms with Gasteiger partial charge in [-0.05, 0) is 18.2 Å². The van der Waals surface area contributed by atoms with Crippen molar-refractivity contribution in [3.8, 4) is 5.69 Å². The van der Waals surface area contributed by atoms with Crippen LogP contribution in [0.4, 0.5) is 5.69 Å². The molecular weight excluding hydrogens is 236 g/mol. The molecule has 0 bridgehead atoms. The Labute approximate surface area is 102 Å². The van der Waals surface area contributed by atoms with Crippen LogP contribution in [-0.2, 0) is 4.79 Å². The molecule has 0 fully saturated rings. The molecule has 0 saturated heterocycles. The molecule has 0 radical (unpaired) electrons. The highest BCUT2D eigenvalue weighted by Gasteiger charge is 2.13. The summed E-state index contributed by atoms with van der Waals surface area (Å²) in [6, 6.07) is 4.58. The van der Waals surface area contributed by atoms with Gasteiger partial charge in [0, 0.05) is 12.6 Å². The molecule has 0 saturated carbocycles. The molecule has 0 aliphatic heterocycles. The first-order valence-electron chi connectivity index (χ1n) is 5.08. The molecule has 7 heteroatoms. The number of carboxylic acid groups (broad SMARTS) is 1. The molecule has 1 aromatic heterocycles. The van der Waals surface area contributed by atoms with E-state index < -0.39 is 5.97 Å². The molecule has 7 nitrogen and oxygen atoms in total. The molecule has 0 atom stereocenters. The summed E-state index contributed by atoms with van der Waals surface area (Å²) in [5, 5.41) is 18.9. The van der Waals surface area contributed by atoms with E-state index in [9.17, 15) is 9.59 Å². The average Bonchev–Trinajstić information content (AvgIpc) is 2.81. The second-order valence-corrected chi connectivity index (χ2v) is 3.59. The Morgan fingerprint density at radius 2 is 1.94 bits per heavy atom. The summed E-state index contributed by atoms with van der Waals surface area (Å²) in [6.45, 7) is 1.36. The van der Waals surface area contributed by atoms with E-state index in [-0.39, 0.29) is 11.5 Å². The fourth-order valence-electron chi connectivity index (χ4n) is 1.54. The fourth-order valence-corrected chi connectivity index (χ4v) is 1.54. The maximum atomic E-state index is 11.2. The zero-order valence-corrected chi connectivity index (χ0v) is 9.49. The minimum absolute atomic E-state index is 0.0565. The lowest BCUT2D eigenvalue weighted by atomic mass is 10.1. The average molecular weight is 246 g/mol. The van der Waals surface area contributed by atoms with E-state index in [1.54, 1.807) is 12.1 Å². The van der Waals surface area contributed by atoms with Gasteiger partial charge in [0.15, 0.2) is 0 Å². The molecule has 18 heavy (non-hydrogen) atoms. The van der Waals surface area contributed by atoms with Crippen LogP contribution in [-0.4, -0.2) is 31.7 Å². The maximum absolute atomic E-state index is 11.2. The smallest absolute Gasteiger partial charge is 0.337 e. The maximum Gasteiger partial charge on any atom is 0.337 e. The molecule has 0 aliphatic rings. The van der Waals surface area contributed by atoms with Crippen LogP contribution >= 0.6 is 0 Å².